The summed E-state index contributed by atoms with van der Waals surface area (Å²) in [6.07, 6.45) is 0. The van der Waals surface area contributed by atoms with Crippen LogP contribution in [-0.4, -0.2) is 24.8 Å². The van der Waals surface area contributed by atoms with Crippen LogP contribution < -0.4 is 5.32 Å². The maximum Gasteiger partial charge on any atom is 0.0486 e. The number of halogens is 1. The lowest BCUT2D eigenvalue weighted by molar-refractivity contribution is -0.00343. The SMILES string of the molecule is FN1CCNC(c2ccccc2)C1. The van der Waals surface area contributed by atoms with E-state index in [9.17, 15) is 4.48 Å². The van der Waals surface area contributed by atoms with Crippen LogP contribution in [-0.2, 0) is 0 Å². The molecule has 1 aromatic carbocycles. The van der Waals surface area contributed by atoms with Crippen molar-refractivity contribution in [2.24, 2.45) is 0 Å². The summed E-state index contributed by atoms with van der Waals surface area (Å²) in [5.41, 5.74) is 1.16. The maximum atomic E-state index is 12.9. The smallest absolute Gasteiger partial charge is 0.0486 e. The lowest BCUT2D eigenvalue weighted by Gasteiger charge is -2.27. The lowest BCUT2D eigenvalue weighted by Crippen LogP contribution is -2.41. The molecular weight excluding hydrogens is 167 g/mol. The predicted octanol–water partition coefficient (Wildman–Crippen LogP) is 1.52. The molecule has 1 atom stereocenters. The average molecular weight is 180 g/mol. The molecule has 1 fully saturated rings. The number of nitrogens with one attached hydrogen (secondary N) is 1. The quantitative estimate of drug-likeness (QED) is 0.659. The Balaban J connectivity index is 2.08. The second-order valence-corrected chi connectivity index (χ2v) is 3.29. The second kappa shape index (κ2) is 3.85. The highest BCUT2D eigenvalue weighted by Crippen LogP contribution is 2.16. The van der Waals surface area contributed by atoms with Crippen LogP contribution in [0.4, 0.5) is 4.48 Å². The standard InChI is InChI=1S/C10H13FN2/c11-13-7-6-12-10(8-13)9-4-2-1-3-5-9/h1-5,10,12H,6-8H2. The van der Waals surface area contributed by atoms with Crippen molar-refractivity contribution in [3.63, 3.8) is 0 Å². The first-order valence-corrected chi connectivity index (χ1v) is 4.55. The molecule has 1 aromatic rings. The van der Waals surface area contributed by atoms with Crippen LogP contribution in [0, 0.1) is 0 Å². The van der Waals surface area contributed by atoms with E-state index >= 15 is 0 Å². The Morgan fingerprint density at radius 3 is 2.77 bits per heavy atom. The van der Waals surface area contributed by atoms with E-state index in [0.717, 1.165) is 17.2 Å². The van der Waals surface area contributed by atoms with Crippen LogP contribution in [0.25, 0.3) is 0 Å². The van der Waals surface area contributed by atoms with Gasteiger partial charge in [-0.2, -0.15) is 0 Å². The molecule has 2 nitrogen and oxygen atoms in total. The van der Waals surface area contributed by atoms with Crippen molar-refractivity contribution in [1.82, 2.24) is 10.4 Å². The third-order valence-corrected chi connectivity index (χ3v) is 2.33. The highest BCUT2D eigenvalue weighted by molar-refractivity contribution is 5.19. The van der Waals surface area contributed by atoms with Crippen LogP contribution in [0.1, 0.15) is 11.6 Å². The van der Waals surface area contributed by atoms with Crippen LogP contribution in [0.3, 0.4) is 0 Å². The molecule has 1 unspecified atom stereocenters. The first kappa shape index (κ1) is 8.66. The van der Waals surface area contributed by atoms with E-state index in [0.29, 0.717) is 13.1 Å². The number of hydrogen-bond acceptors (Lipinski definition) is 2. The van der Waals surface area contributed by atoms with Gasteiger partial charge in [-0.3, -0.25) is 0 Å². The molecule has 0 aromatic heterocycles. The first-order chi connectivity index (χ1) is 6.36. The van der Waals surface area contributed by atoms with E-state index in [-0.39, 0.29) is 6.04 Å². The van der Waals surface area contributed by atoms with Crippen molar-refractivity contribution in [3.05, 3.63) is 35.9 Å². The topological polar surface area (TPSA) is 15.3 Å². The summed E-state index contributed by atoms with van der Waals surface area (Å²) in [6, 6.07) is 10.1. The minimum atomic E-state index is 0.139. The highest BCUT2D eigenvalue weighted by Gasteiger charge is 2.19. The molecule has 0 radical (unpaired) electrons. The van der Waals surface area contributed by atoms with Crippen LogP contribution in [0.2, 0.25) is 0 Å². The molecule has 0 bridgehead atoms. The average Bonchev–Trinajstić information content (AvgIpc) is 2.19. The number of benzene rings is 1. The second-order valence-electron chi connectivity index (χ2n) is 3.29. The Hall–Kier alpha value is -0.930. The van der Waals surface area contributed by atoms with E-state index in [1.807, 2.05) is 30.3 Å². The first-order valence-electron chi connectivity index (χ1n) is 4.55. The van der Waals surface area contributed by atoms with Crippen molar-refractivity contribution < 1.29 is 4.48 Å². The van der Waals surface area contributed by atoms with Gasteiger partial charge < -0.3 is 5.32 Å². The van der Waals surface area contributed by atoms with Gasteiger partial charge >= 0.3 is 0 Å². The van der Waals surface area contributed by atoms with Gasteiger partial charge in [-0.05, 0) is 5.56 Å². The molecular formula is C10H13FN2. The molecule has 1 heterocycles. The summed E-state index contributed by atoms with van der Waals surface area (Å²) in [7, 11) is 0. The van der Waals surface area contributed by atoms with E-state index in [4.69, 9.17) is 0 Å². The zero-order chi connectivity index (χ0) is 9.10. The Labute approximate surface area is 77.3 Å². The van der Waals surface area contributed by atoms with Gasteiger partial charge in [0.05, 0.1) is 0 Å². The Kier molecular flexibility index (Phi) is 2.57. The monoisotopic (exact) mass is 180 g/mol. The minimum absolute atomic E-state index is 0.139. The van der Waals surface area contributed by atoms with E-state index < -0.39 is 0 Å². The molecule has 0 amide bonds. The fourth-order valence-corrected chi connectivity index (χ4v) is 1.62. The summed E-state index contributed by atoms with van der Waals surface area (Å²) in [4.78, 5) is 0. The normalized spacial score (nSPS) is 24.5. The maximum absolute atomic E-state index is 12.9. The predicted molar refractivity (Wildman–Crippen MR) is 49.9 cm³/mol. The number of hydrogen-bond donors (Lipinski definition) is 1. The molecule has 1 saturated heterocycles. The molecule has 3 heteroatoms. The third kappa shape index (κ3) is 2.05. The van der Waals surface area contributed by atoms with Crippen molar-refractivity contribution >= 4 is 0 Å². The summed E-state index contributed by atoms with van der Waals surface area (Å²) >= 11 is 0. The molecule has 1 aliphatic rings. The summed E-state index contributed by atoms with van der Waals surface area (Å²) in [5, 5.41) is 4.15. The van der Waals surface area contributed by atoms with Gasteiger partial charge in [0.2, 0.25) is 0 Å². The van der Waals surface area contributed by atoms with Crippen molar-refractivity contribution in [3.8, 4) is 0 Å². The lowest BCUT2D eigenvalue weighted by atomic mass is 10.1. The van der Waals surface area contributed by atoms with E-state index in [1.54, 1.807) is 0 Å². The van der Waals surface area contributed by atoms with Gasteiger partial charge in [0.25, 0.3) is 0 Å². The fraction of sp³-hybridized carbons (Fsp3) is 0.400. The molecule has 2 rings (SSSR count). The molecule has 0 spiro atoms. The van der Waals surface area contributed by atoms with Gasteiger partial charge in [0, 0.05) is 25.7 Å². The number of rotatable bonds is 1. The number of piperazine rings is 1. The molecule has 13 heavy (non-hydrogen) atoms. The van der Waals surface area contributed by atoms with E-state index in [2.05, 4.69) is 5.32 Å². The van der Waals surface area contributed by atoms with Crippen molar-refractivity contribution in [2.45, 2.75) is 6.04 Å². The molecule has 1 N–H and O–H groups in total. The largest absolute Gasteiger partial charge is 0.307 e. The zero-order valence-electron chi connectivity index (χ0n) is 7.41. The van der Waals surface area contributed by atoms with Gasteiger partial charge in [-0.15, -0.1) is 9.60 Å². The summed E-state index contributed by atoms with van der Waals surface area (Å²) in [6.45, 7) is 1.66. The fourth-order valence-electron chi connectivity index (χ4n) is 1.62. The zero-order valence-corrected chi connectivity index (χ0v) is 7.41. The highest BCUT2D eigenvalue weighted by atomic mass is 19.2. The summed E-state index contributed by atoms with van der Waals surface area (Å²) < 4.78 is 12.9. The van der Waals surface area contributed by atoms with Gasteiger partial charge in [0.15, 0.2) is 0 Å². The van der Waals surface area contributed by atoms with Crippen LogP contribution >= 0.6 is 0 Å². The Bertz CT molecular complexity index is 263. The Morgan fingerprint density at radius 1 is 1.31 bits per heavy atom. The van der Waals surface area contributed by atoms with E-state index in [1.165, 1.54) is 0 Å². The van der Waals surface area contributed by atoms with Gasteiger partial charge in [0.1, 0.15) is 0 Å². The van der Waals surface area contributed by atoms with Crippen LogP contribution in [0.5, 0.6) is 0 Å². The Morgan fingerprint density at radius 2 is 2.08 bits per heavy atom. The molecule has 1 aliphatic heterocycles. The molecule has 0 aliphatic carbocycles. The molecule has 70 valence electrons. The number of nitrogens with zero attached hydrogens (tertiary/aromatic N) is 1. The van der Waals surface area contributed by atoms with Crippen molar-refractivity contribution in [2.75, 3.05) is 19.6 Å². The van der Waals surface area contributed by atoms with Crippen LogP contribution in [0.15, 0.2) is 30.3 Å². The summed E-state index contributed by atoms with van der Waals surface area (Å²) in [5.74, 6) is 0. The minimum Gasteiger partial charge on any atom is -0.307 e. The van der Waals surface area contributed by atoms with Gasteiger partial charge in [-0.25, -0.2) is 0 Å². The third-order valence-electron chi connectivity index (χ3n) is 2.33. The van der Waals surface area contributed by atoms with Gasteiger partial charge in [-0.1, -0.05) is 30.3 Å². The van der Waals surface area contributed by atoms with Crippen molar-refractivity contribution in [1.29, 1.82) is 0 Å². The molecule has 0 saturated carbocycles.